The summed E-state index contributed by atoms with van der Waals surface area (Å²) in [6, 6.07) is 11.2. The maximum absolute atomic E-state index is 12.4. The van der Waals surface area contributed by atoms with E-state index in [4.69, 9.17) is 9.47 Å². The molecule has 0 atom stereocenters. The fourth-order valence-corrected chi connectivity index (χ4v) is 2.69. The van der Waals surface area contributed by atoms with Crippen molar-refractivity contribution >= 4 is 22.6 Å². The van der Waals surface area contributed by atoms with Crippen molar-refractivity contribution in [2.45, 2.75) is 20.0 Å². The lowest BCUT2D eigenvalue weighted by Gasteiger charge is -2.14. The molecule has 0 aliphatic heterocycles. The standard InChI is InChI=1S/C20H20N4O5/c1-11(2)29-15-9-8-12(10-16(15)28-3)18(25)22-24-20(27)17-13-6-4-5-7-14(13)19(26)23-21-17/h4-11H,1-3H3,(H,22,25)(H,23,26)(H,24,27). The number of carbonyl (C=O) groups excluding carboxylic acids is 2. The lowest BCUT2D eigenvalue weighted by Crippen LogP contribution is -2.42. The lowest BCUT2D eigenvalue weighted by atomic mass is 10.1. The van der Waals surface area contributed by atoms with Gasteiger partial charge in [0.05, 0.1) is 18.6 Å². The summed E-state index contributed by atoms with van der Waals surface area (Å²) in [6.07, 6.45) is -0.0532. The monoisotopic (exact) mass is 396 g/mol. The van der Waals surface area contributed by atoms with E-state index in [-0.39, 0.29) is 17.4 Å². The molecule has 3 N–H and O–H groups in total. The molecule has 9 nitrogen and oxygen atoms in total. The molecule has 3 rings (SSSR count). The number of benzene rings is 2. The van der Waals surface area contributed by atoms with Crippen molar-refractivity contribution in [2.75, 3.05) is 7.11 Å². The van der Waals surface area contributed by atoms with Crippen LogP contribution >= 0.6 is 0 Å². The van der Waals surface area contributed by atoms with E-state index in [1.807, 2.05) is 13.8 Å². The first kappa shape index (κ1) is 19.9. The predicted octanol–water partition coefficient (Wildman–Crippen LogP) is 1.79. The van der Waals surface area contributed by atoms with E-state index >= 15 is 0 Å². The highest BCUT2D eigenvalue weighted by molar-refractivity contribution is 6.06. The second-order valence-corrected chi connectivity index (χ2v) is 6.39. The number of aromatic amines is 1. The molecule has 0 unspecified atom stereocenters. The Morgan fingerprint density at radius 2 is 1.69 bits per heavy atom. The molecule has 150 valence electrons. The summed E-state index contributed by atoms with van der Waals surface area (Å²) in [4.78, 5) is 36.7. The van der Waals surface area contributed by atoms with Crippen LogP contribution in [-0.4, -0.2) is 35.2 Å². The number of carbonyl (C=O) groups is 2. The van der Waals surface area contributed by atoms with E-state index in [2.05, 4.69) is 21.0 Å². The second kappa shape index (κ2) is 8.42. The number of rotatable bonds is 5. The second-order valence-electron chi connectivity index (χ2n) is 6.39. The van der Waals surface area contributed by atoms with E-state index in [1.54, 1.807) is 36.4 Å². The third-order valence-corrected chi connectivity index (χ3v) is 3.99. The number of H-pyrrole nitrogens is 1. The molecule has 0 saturated carbocycles. The molecule has 0 bridgehead atoms. The Hall–Kier alpha value is -3.88. The highest BCUT2D eigenvalue weighted by Gasteiger charge is 2.16. The number of hydrogen-bond acceptors (Lipinski definition) is 6. The van der Waals surface area contributed by atoms with Crippen LogP contribution in [0, 0.1) is 0 Å². The first-order chi connectivity index (χ1) is 13.9. The van der Waals surface area contributed by atoms with Crippen LogP contribution in [-0.2, 0) is 0 Å². The van der Waals surface area contributed by atoms with E-state index in [1.165, 1.54) is 13.2 Å². The van der Waals surface area contributed by atoms with Crippen LogP contribution in [0.2, 0.25) is 0 Å². The summed E-state index contributed by atoms with van der Waals surface area (Å²) < 4.78 is 10.9. The van der Waals surface area contributed by atoms with Crippen molar-refractivity contribution < 1.29 is 19.1 Å². The zero-order valence-electron chi connectivity index (χ0n) is 16.1. The van der Waals surface area contributed by atoms with E-state index in [0.717, 1.165) is 0 Å². The maximum atomic E-state index is 12.4. The molecule has 29 heavy (non-hydrogen) atoms. The van der Waals surface area contributed by atoms with Gasteiger partial charge in [-0.05, 0) is 38.1 Å². The van der Waals surface area contributed by atoms with Crippen LogP contribution in [0.3, 0.4) is 0 Å². The number of nitrogens with one attached hydrogen (secondary N) is 3. The molecule has 1 heterocycles. The number of aromatic nitrogens is 2. The minimum absolute atomic E-state index is 0.0150. The zero-order valence-corrected chi connectivity index (χ0v) is 16.1. The number of amides is 2. The quantitative estimate of drug-likeness (QED) is 0.565. The van der Waals surface area contributed by atoms with E-state index in [9.17, 15) is 14.4 Å². The van der Waals surface area contributed by atoms with Crippen LogP contribution in [0.15, 0.2) is 47.3 Å². The smallest absolute Gasteiger partial charge is 0.290 e. The molecule has 1 aromatic heterocycles. The molecule has 0 spiro atoms. The normalized spacial score (nSPS) is 10.6. The fraction of sp³-hybridized carbons (Fsp3) is 0.200. The van der Waals surface area contributed by atoms with Crippen LogP contribution in [0.4, 0.5) is 0 Å². The molecule has 0 fully saturated rings. The van der Waals surface area contributed by atoms with Crippen molar-refractivity contribution in [1.82, 2.24) is 21.0 Å². The number of hydrogen-bond donors (Lipinski definition) is 3. The lowest BCUT2D eigenvalue weighted by molar-refractivity contribution is 0.0844. The van der Waals surface area contributed by atoms with Gasteiger partial charge in [-0.25, -0.2) is 5.10 Å². The summed E-state index contributed by atoms with van der Waals surface area (Å²) in [7, 11) is 1.47. The van der Waals surface area contributed by atoms with Gasteiger partial charge in [0.2, 0.25) is 0 Å². The third-order valence-electron chi connectivity index (χ3n) is 3.99. The van der Waals surface area contributed by atoms with Gasteiger partial charge in [0.1, 0.15) is 0 Å². The number of nitrogens with zero attached hydrogens (tertiary/aromatic N) is 1. The summed E-state index contributed by atoms with van der Waals surface area (Å²) >= 11 is 0. The topological polar surface area (TPSA) is 122 Å². The van der Waals surface area contributed by atoms with Gasteiger partial charge < -0.3 is 9.47 Å². The first-order valence-electron chi connectivity index (χ1n) is 8.83. The molecule has 0 saturated heterocycles. The highest BCUT2D eigenvalue weighted by atomic mass is 16.5. The number of hydrazine groups is 1. The van der Waals surface area contributed by atoms with Gasteiger partial charge in [-0.1, -0.05) is 18.2 Å². The number of ether oxygens (including phenoxy) is 2. The van der Waals surface area contributed by atoms with Crippen molar-refractivity contribution in [3.8, 4) is 11.5 Å². The first-order valence-corrected chi connectivity index (χ1v) is 8.83. The van der Waals surface area contributed by atoms with Crippen molar-refractivity contribution in [1.29, 1.82) is 0 Å². The number of methoxy groups -OCH3 is 1. The SMILES string of the molecule is COc1cc(C(=O)NNC(=O)c2n[nH]c(=O)c3ccccc23)ccc1OC(C)C. The Bertz CT molecular complexity index is 1120. The van der Waals surface area contributed by atoms with Crippen LogP contribution < -0.4 is 25.9 Å². The molecule has 0 aliphatic carbocycles. The Morgan fingerprint density at radius 3 is 2.38 bits per heavy atom. The molecular formula is C20H20N4O5. The van der Waals surface area contributed by atoms with Gasteiger partial charge in [-0.15, -0.1) is 0 Å². The summed E-state index contributed by atoms with van der Waals surface area (Å²) in [6.45, 7) is 3.76. The zero-order chi connectivity index (χ0) is 21.0. The molecule has 3 aromatic rings. The van der Waals surface area contributed by atoms with Gasteiger partial charge in [-0.2, -0.15) is 5.10 Å². The minimum atomic E-state index is -0.669. The van der Waals surface area contributed by atoms with Crippen LogP contribution in [0.25, 0.3) is 10.8 Å². The van der Waals surface area contributed by atoms with E-state index < -0.39 is 17.4 Å². The van der Waals surface area contributed by atoms with Gasteiger partial charge in [0.25, 0.3) is 17.4 Å². The number of fused-ring (bicyclic) bond motifs is 1. The Morgan fingerprint density at radius 1 is 1.00 bits per heavy atom. The minimum Gasteiger partial charge on any atom is -0.493 e. The van der Waals surface area contributed by atoms with Gasteiger partial charge in [0.15, 0.2) is 17.2 Å². The molecule has 0 aliphatic rings. The third kappa shape index (κ3) is 4.34. The molecular weight excluding hydrogens is 376 g/mol. The molecule has 0 radical (unpaired) electrons. The molecule has 2 amide bonds. The van der Waals surface area contributed by atoms with E-state index in [0.29, 0.717) is 22.3 Å². The fourth-order valence-electron chi connectivity index (χ4n) is 2.69. The molecule has 9 heteroatoms. The average Bonchev–Trinajstić information content (AvgIpc) is 2.72. The van der Waals surface area contributed by atoms with Crippen molar-refractivity contribution in [2.24, 2.45) is 0 Å². The predicted molar refractivity (Wildman–Crippen MR) is 106 cm³/mol. The van der Waals surface area contributed by atoms with Crippen LogP contribution in [0.1, 0.15) is 34.7 Å². The maximum Gasteiger partial charge on any atom is 0.290 e. The largest absolute Gasteiger partial charge is 0.493 e. The van der Waals surface area contributed by atoms with Gasteiger partial charge in [-0.3, -0.25) is 25.2 Å². The Kier molecular flexibility index (Phi) is 5.77. The van der Waals surface area contributed by atoms with Crippen LogP contribution in [0.5, 0.6) is 11.5 Å². The van der Waals surface area contributed by atoms with Crippen molar-refractivity contribution in [3.05, 3.63) is 64.1 Å². The molecule has 2 aromatic carbocycles. The summed E-state index contributed by atoms with van der Waals surface area (Å²) in [5, 5.41) is 6.75. The summed E-state index contributed by atoms with van der Waals surface area (Å²) in [5.41, 5.74) is 4.46. The Labute approximate surface area is 166 Å². The summed E-state index contributed by atoms with van der Waals surface area (Å²) in [5.74, 6) is -0.322. The Balaban J connectivity index is 1.75. The average molecular weight is 396 g/mol. The highest BCUT2D eigenvalue weighted by Crippen LogP contribution is 2.28. The van der Waals surface area contributed by atoms with Gasteiger partial charge in [0, 0.05) is 10.9 Å². The van der Waals surface area contributed by atoms with Crippen molar-refractivity contribution in [3.63, 3.8) is 0 Å². The van der Waals surface area contributed by atoms with Gasteiger partial charge >= 0.3 is 0 Å².